The maximum atomic E-state index is 13.8. The molecular weight excluding hydrogens is 306 g/mol. The lowest BCUT2D eigenvalue weighted by atomic mass is 10.0. The summed E-state index contributed by atoms with van der Waals surface area (Å²) in [6, 6.07) is 11.8. The summed E-state index contributed by atoms with van der Waals surface area (Å²) in [5.74, 6) is -0.172. The highest BCUT2D eigenvalue weighted by Gasteiger charge is 2.08. The first-order chi connectivity index (χ1) is 9.10. The normalized spacial score (nSPS) is 11.7. The van der Waals surface area contributed by atoms with Gasteiger partial charge in [0.15, 0.2) is 0 Å². The molecule has 0 radical (unpaired) electrons. The Hall–Kier alpha value is -1.02. The zero-order valence-corrected chi connectivity index (χ0v) is 12.1. The Bertz CT molecular complexity index is 603. The molecule has 0 N–H and O–H groups in total. The highest BCUT2D eigenvalue weighted by atomic mass is 35.5. The Morgan fingerprint density at radius 3 is 2.21 bits per heavy atom. The quantitative estimate of drug-likeness (QED) is 0.488. The van der Waals surface area contributed by atoms with E-state index in [2.05, 4.69) is 0 Å². The Labute approximate surface area is 126 Å². The summed E-state index contributed by atoms with van der Waals surface area (Å²) in [6.07, 6.45) is 1.83. The van der Waals surface area contributed by atoms with Crippen molar-refractivity contribution in [1.82, 2.24) is 0 Å². The van der Waals surface area contributed by atoms with Gasteiger partial charge in [0.2, 0.25) is 0 Å². The summed E-state index contributed by atoms with van der Waals surface area (Å²) < 4.78 is 13.8. The molecule has 0 saturated heterocycles. The standard InChI is InChI=1S/C15H10Cl3F/c16-9-11(7-10-1-3-12(17)4-2-10)14-6-5-13(18)8-15(14)19/h1-8H,9H2. The van der Waals surface area contributed by atoms with Crippen LogP contribution in [-0.2, 0) is 0 Å². The van der Waals surface area contributed by atoms with Gasteiger partial charge in [0, 0.05) is 21.5 Å². The van der Waals surface area contributed by atoms with Crippen LogP contribution >= 0.6 is 34.8 Å². The van der Waals surface area contributed by atoms with E-state index >= 15 is 0 Å². The Balaban J connectivity index is 2.41. The molecule has 0 unspecified atom stereocenters. The van der Waals surface area contributed by atoms with Gasteiger partial charge in [0.1, 0.15) is 5.82 Å². The van der Waals surface area contributed by atoms with Crippen molar-refractivity contribution >= 4 is 46.5 Å². The van der Waals surface area contributed by atoms with Crippen molar-refractivity contribution in [2.75, 3.05) is 5.88 Å². The number of allylic oxidation sites excluding steroid dienone is 1. The van der Waals surface area contributed by atoms with Crippen molar-refractivity contribution in [3.8, 4) is 0 Å². The van der Waals surface area contributed by atoms with Crippen molar-refractivity contribution in [3.05, 3.63) is 69.5 Å². The first-order valence-electron chi connectivity index (χ1n) is 5.57. The topological polar surface area (TPSA) is 0 Å². The van der Waals surface area contributed by atoms with Crippen LogP contribution in [0.15, 0.2) is 42.5 Å². The molecule has 0 aliphatic carbocycles. The third kappa shape index (κ3) is 3.73. The van der Waals surface area contributed by atoms with Gasteiger partial charge >= 0.3 is 0 Å². The van der Waals surface area contributed by atoms with E-state index in [0.29, 0.717) is 21.2 Å². The number of benzene rings is 2. The van der Waals surface area contributed by atoms with Crippen LogP contribution < -0.4 is 0 Å². The monoisotopic (exact) mass is 314 g/mol. The second kappa shape index (κ2) is 6.42. The highest BCUT2D eigenvalue weighted by Crippen LogP contribution is 2.25. The molecule has 0 fully saturated rings. The van der Waals surface area contributed by atoms with Gasteiger partial charge in [-0.25, -0.2) is 4.39 Å². The van der Waals surface area contributed by atoms with Crippen molar-refractivity contribution < 1.29 is 4.39 Å². The summed E-state index contributed by atoms with van der Waals surface area (Å²) in [7, 11) is 0. The van der Waals surface area contributed by atoms with Gasteiger partial charge < -0.3 is 0 Å². The van der Waals surface area contributed by atoms with Crippen molar-refractivity contribution in [3.63, 3.8) is 0 Å². The first kappa shape index (κ1) is 14.4. The predicted molar refractivity (Wildman–Crippen MR) is 81.5 cm³/mol. The van der Waals surface area contributed by atoms with Crippen LogP contribution in [-0.4, -0.2) is 5.88 Å². The molecule has 19 heavy (non-hydrogen) atoms. The average Bonchev–Trinajstić information content (AvgIpc) is 2.39. The van der Waals surface area contributed by atoms with Crippen LogP contribution in [0.4, 0.5) is 4.39 Å². The summed E-state index contributed by atoms with van der Waals surface area (Å²) >= 11 is 17.5. The lowest BCUT2D eigenvalue weighted by molar-refractivity contribution is 0.624. The van der Waals surface area contributed by atoms with Gasteiger partial charge in [0.25, 0.3) is 0 Å². The summed E-state index contributed by atoms with van der Waals surface area (Å²) in [4.78, 5) is 0. The lowest BCUT2D eigenvalue weighted by Gasteiger charge is -2.06. The Kier molecular flexibility index (Phi) is 4.87. The summed E-state index contributed by atoms with van der Waals surface area (Å²) in [5, 5.41) is 1.02. The molecule has 2 rings (SSSR count). The van der Waals surface area contributed by atoms with E-state index in [1.54, 1.807) is 24.3 Å². The molecular formula is C15H10Cl3F. The maximum absolute atomic E-state index is 13.8. The molecule has 0 nitrogen and oxygen atoms in total. The third-order valence-electron chi connectivity index (χ3n) is 2.63. The molecule has 2 aromatic carbocycles. The van der Waals surface area contributed by atoms with Crippen molar-refractivity contribution in [2.24, 2.45) is 0 Å². The van der Waals surface area contributed by atoms with E-state index in [1.807, 2.05) is 18.2 Å². The number of alkyl halides is 1. The van der Waals surface area contributed by atoms with Crippen LogP contribution in [0, 0.1) is 5.82 Å². The van der Waals surface area contributed by atoms with Gasteiger partial charge in [-0.2, -0.15) is 0 Å². The molecule has 0 aromatic heterocycles. The first-order valence-corrected chi connectivity index (χ1v) is 6.86. The van der Waals surface area contributed by atoms with E-state index in [-0.39, 0.29) is 11.7 Å². The maximum Gasteiger partial charge on any atom is 0.132 e. The molecule has 2 aromatic rings. The highest BCUT2D eigenvalue weighted by molar-refractivity contribution is 6.31. The minimum atomic E-state index is -0.381. The van der Waals surface area contributed by atoms with Gasteiger partial charge in [-0.3, -0.25) is 0 Å². The smallest absolute Gasteiger partial charge is 0.132 e. The molecule has 0 heterocycles. The number of rotatable bonds is 3. The van der Waals surface area contributed by atoms with E-state index in [1.165, 1.54) is 6.07 Å². The SMILES string of the molecule is Fc1cc(Cl)ccc1C(=Cc1ccc(Cl)cc1)CCl. The van der Waals surface area contributed by atoms with Gasteiger partial charge in [-0.05, 0) is 41.5 Å². The van der Waals surface area contributed by atoms with E-state index < -0.39 is 0 Å². The van der Waals surface area contributed by atoms with Crippen LogP contribution in [0.25, 0.3) is 11.6 Å². The molecule has 0 amide bonds. The molecule has 0 aliphatic heterocycles. The molecule has 0 atom stereocenters. The molecule has 98 valence electrons. The van der Waals surface area contributed by atoms with Gasteiger partial charge in [-0.15, -0.1) is 11.6 Å². The van der Waals surface area contributed by atoms with Crippen LogP contribution in [0.3, 0.4) is 0 Å². The molecule has 0 saturated carbocycles. The zero-order valence-electron chi connectivity index (χ0n) is 9.84. The fourth-order valence-corrected chi connectivity index (χ4v) is 2.20. The minimum absolute atomic E-state index is 0.210. The fraction of sp³-hybridized carbons (Fsp3) is 0.0667. The Morgan fingerprint density at radius 1 is 1.00 bits per heavy atom. The zero-order chi connectivity index (χ0) is 13.8. The number of halogens is 4. The lowest BCUT2D eigenvalue weighted by Crippen LogP contribution is -1.91. The van der Waals surface area contributed by atoms with E-state index in [4.69, 9.17) is 34.8 Å². The van der Waals surface area contributed by atoms with Crippen molar-refractivity contribution in [2.45, 2.75) is 0 Å². The fourth-order valence-electron chi connectivity index (χ4n) is 1.70. The number of hydrogen-bond acceptors (Lipinski definition) is 0. The largest absolute Gasteiger partial charge is 0.206 e. The molecule has 0 bridgehead atoms. The predicted octanol–water partition coefficient (Wildman–Crippen LogP) is 5.91. The number of hydrogen-bond donors (Lipinski definition) is 0. The van der Waals surface area contributed by atoms with Gasteiger partial charge in [0.05, 0.1) is 0 Å². The molecule has 4 heteroatoms. The summed E-state index contributed by atoms with van der Waals surface area (Å²) in [5.41, 5.74) is 2.06. The minimum Gasteiger partial charge on any atom is -0.206 e. The van der Waals surface area contributed by atoms with Crippen LogP contribution in [0.1, 0.15) is 11.1 Å². The average molecular weight is 316 g/mol. The molecule has 0 aliphatic rings. The van der Waals surface area contributed by atoms with Crippen LogP contribution in [0.2, 0.25) is 10.0 Å². The van der Waals surface area contributed by atoms with Crippen LogP contribution in [0.5, 0.6) is 0 Å². The van der Waals surface area contributed by atoms with E-state index in [0.717, 1.165) is 5.56 Å². The Morgan fingerprint density at radius 2 is 1.63 bits per heavy atom. The second-order valence-corrected chi connectivity index (χ2v) is 5.12. The molecule has 0 spiro atoms. The van der Waals surface area contributed by atoms with Gasteiger partial charge in [-0.1, -0.05) is 41.4 Å². The third-order valence-corrected chi connectivity index (χ3v) is 3.41. The van der Waals surface area contributed by atoms with Crippen molar-refractivity contribution in [1.29, 1.82) is 0 Å². The summed E-state index contributed by atoms with van der Waals surface area (Å²) in [6.45, 7) is 0. The second-order valence-electron chi connectivity index (χ2n) is 3.98. The van der Waals surface area contributed by atoms with E-state index in [9.17, 15) is 4.39 Å².